The second-order valence-electron chi connectivity index (χ2n) is 4.15. The highest BCUT2D eigenvalue weighted by molar-refractivity contribution is 5.76. The lowest BCUT2D eigenvalue weighted by Gasteiger charge is -2.34. The van der Waals surface area contributed by atoms with Crippen LogP contribution in [-0.4, -0.2) is 36.4 Å². The molecule has 2 N–H and O–H groups in total. The summed E-state index contributed by atoms with van der Waals surface area (Å²) in [6.07, 6.45) is 1.09. The third-order valence-electron chi connectivity index (χ3n) is 2.92. The van der Waals surface area contributed by atoms with Crippen LogP contribution in [0.3, 0.4) is 0 Å². The van der Waals surface area contributed by atoms with Crippen LogP contribution in [0.25, 0.3) is 0 Å². The molecule has 0 radical (unpaired) electrons. The second kappa shape index (κ2) is 4.88. The summed E-state index contributed by atoms with van der Waals surface area (Å²) in [6.45, 7) is 2.15. The predicted molar refractivity (Wildman–Crippen MR) is 53.6 cm³/mol. The average molecular weight is 220 g/mol. The fourth-order valence-electron chi connectivity index (χ4n) is 1.92. The largest absolute Gasteiger partial charge is 0.343 e. The van der Waals surface area contributed by atoms with Crippen molar-refractivity contribution in [3.63, 3.8) is 0 Å². The Bertz CT molecular complexity index is 220. The van der Waals surface area contributed by atoms with Gasteiger partial charge in [0.1, 0.15) is 0 Å². The molecule has 1 aliphatic rings. The molecule has 0 aromatic heterocycles. The fraction of sp³-hybridized carbons (Fsp3) is 0.900. The quantitative estimate of drug-likeness (QED) is 0.777. The number of carbonyl (C=O) groups is 1. The van der Waals surface area contributed by atoms with Gasteiger partial charge in [0.05, 0.1) is 0 Å². The van der Waals surface area contributed by atoms with Crippen LogP contribution >= 0.6 is 0 Å². The summed E-state index contributed by atoms with van der Waals surface area (Å²) in [4.78, 5) is 13.0. The SMILES string of the molecule is CC(F)(F)C1CCN(C(=O)CCN)CC1. The van der Waals surface area contributed by atoms with Crippen LogP contribution < -0.4 is 5.73 Å². The number of rotatable bonds is 3. The molecule has 1 saturated heterocycles. The van der Waals surface area contributed by atoms with Crippen molar-refractivity contribution >= 4 is 5.91 Å². The summed E-state index contributed by atoms with van der Waals surface area (Å²) in [5, 5.41) is 0. The highest BCUT2D eigenvalue weighted by atomic mass is 19.3. The molecular weight excluding hydrogens is 202 g/mol. The van der Waals surface area contributed by atoms with Gasteiger partial charge in [-0.2, -0.15) is 0 Å². The van der Waals surface area contributed by atoms with Crippen molar-refractivity contribution in [1.29, 1.82) is 0 Å². The number of piperidine rings is 1. The number of hydrogen-bond acceptors (Lipinski definition) is 2. The van der Waals surface area contributed by atoms with Crippen LogP contribution in [-0.2, 0) is 4.79 Å². The minimum atomic E-state index is -2.62. The maximum Gasteiger partial charge on any atom is 0.248 e. The number of halogens is 2. The third kappa shape index (κ3) is 3.41. The topological polar surface area (TPSA) is 46.3 Å². The van der Waals surface area contributed by atoms with E-state index in [0.29, 0.717) is 38.9 Å². The molecule has 1 fully saturated rings. The summed E-state index contributed by atoms with van der Waals surface area (Å²) >= 11 is 0. The minimum Gasteiger partial charge on any atom is -0.343 e. The van der Waals surface area contributed by atoms with Crippen LogP contribution in [0.1, 0.15) is 26.2 Å². The lowest BCUT2D eigenvalue weighted by atomic mass is 9.91. The molecule has 3 nitrogen and oxygen atoms in total. The first kappa shape index (κ1) is 12.4. The first-order chi connectivity index (χ1) is 6.95. The van der Waals surface area contributed by atoms with Crippen LogP contribution in [0.15, 0.2) is 0 Å². The van der Waals surface area contributed by atoms with E-state index in [1.807, 2.05) is 0 Å². The molecule has 0 aromatic rings. The molecule has 0 aromatic carbocycles. The molecule has 1 amide bonds. The second-order valence-corrected chi connectivity index (χ2v) is 4.15. The van der Waals surface area contributed by atoms with Crippen molar-refractivity contribution in [3.8, 4) is 0 Å². The van der Waals surface area contributed by atoms with Gasteiger partial charge < -0.3 is 10.6 Å². The molecule has 0 saturated carbocycles. The highest BCUT2D eigenvalue weighted by Crippen LogP contribution is 2.32. The number of alkyl halides is 2. The van der Waals surface area contributed by atoms with E-state index in [1.165, 1.54) is 0 Å². The van der Waals surface area contributed by atoms with Crippen molar-refractivity contribution in [3.05, 3.63) is 0 Å². The van der Waals surface area contributed by atoms with Gasteiger partial charge >= 0.3 is 0 Å². The van der Waals surface area contributed by atoms with Gasteiger partial charge in [-0.15, -0.1) is 0 Å². The smallest absolute Gasteiger partial charge is 0.248 e. The number of hydrogen-bond donors (Lipinski definition) is 1. The maximum atomic E-state index is 13.0. The molecule has 0 spiro atoms. The van der Waals surface area contributed by atoms with Crippen LogP contribution in [0.2, 0.25) is 0 Å². The fourth-order valence-corrected chi connectivity index (χ4v) is 1.92. The van der Waals surface area contributed by atoms with Crippen molar-refractivity contribution < 1.29 is 13.6 Å². The molecule has 0 unspecified atom stereocenters. The van der Waals surface area contributed by atoms with Gasteiger partial charge in [0.15, 0.2) is 0 Å². The summed E-state index contributed by atoms with van der Waals surface area (Å²) in [5.41, 5.74) is 5.27. The average Bonchev–Trinajstić information content (AvgIpc) is 2.17. The van der Waals surface area contributed by atoms with Gasteiger partial charge in [-0.25, -0.2) is 8.78 Å². The van der Waals surface area contributed by atoms with Gasteiger partial charge in [-0.1, -0.05) is 0 Å². The number of likely N-dealkylation sites (tertiary alicyclic amines) is 1. The molecule has 0 atom stereocenters. The van der Waals surface area contributed by atoms with Crippen LogP contribution in [0, 0.1) is 5.92 Å². The number of carbonyl (C=O) groups excluding carboxylic acids is 1. The molecule has 1 heterocycles. The van der Waals surface area contributed by atoms with Crippen molar-refractivity contribution in [1.82, 2.24) is 4.90 Å². The standard InChI is InChI=1S/C10H18F2N2O/c1-10(11,12)8-3-6-14(7-4-8)9(15)2-5-13/h8H,2-7,13H2,1H3. The molecule has 5 heteroatoms. The predicted octanol–water partition coefficient (Wildman–Crippen LogP) is 1.23. The Morgan fingerprint density at radius 3 is 2.40 bits per heavy atom. The van der Waals surface area contributed by atoms with Crippen molar-refractivity contribution in [2.24, 2.45) is 11.7 Å². The highest BCUT2D eigenvalue weighted by Gasteiger charge is 2.36. The van der Waals surface area contributed by atoms with Gasteiger partial charge in [0, 0.05) is 32.0 Å². The molecule has 0 aliphatic carbocycles. The lowest BCUT2D eigenvalue weighted by molar-refractivity contribution is -0.135. The Morgan fingerprint density at radius 1 is 1.47 bits per heavy atom. The Hall–Kier alpha value is -0.710. The number of nitrogens with two attached hydrogens (primary N) is 1. The Kier molecular flexibility index (Phi) is 4.02. The summed E-state index contributed by atoms with van der Waals surface area (Å²) in [6, 6.07) is 0. The normalized spacial score (nSPS) is 19.3. The van der Waals surface area contributed by atoms with Crippen molar-refractivity contribution in [2.45, 2.75) is 32.1 Å². The van der Waals surface area contributed by atoms with Gasteiger partial charge in [0.2, 0.25) is 11.8 Å². The Labute approximate surface area is 88.6 Å². The van der Waals surface area contributed by atoms with E-state index in [9.17, 15) is 13.6 Å². The lowest BCUT2D eigenvalue weighted by Crippen LogP contribution is -2.42. The van der Waals surface area contributed by atoms with E-state index in [1.54, 1.807) is 4.90 Å². The Balaban J connectivity index is 2.39. The monoisotopic (exact) mass is 220 g/mol. The number of amides is 1. The summed E-state index contributed by atoms with van der Waals surface area (Å²) < 4.78 is 25.9. The van der Waals surface area contributed by atoms with E-state index in [4.69, 9.17) is 5.73 Å². The van der Waals surface area contributed by atoms with Gasteiger partial charge in [-0.3, -0.25) is 4.79 Å². The summed E-state index contributed by atoms with van der Waals surface area (Å²) in [5.74, 6) is -3.22. The van der Waals surface area contributed by atoms with Gasteiger partial charge in [0.25, 0.3) is 0 Å². The molecule has 0 bridgehead atoms. The first-order valence-corrected chi connectivity index (χ1v) is 5.31. The third-order valence-corrected chi connectivity index (χ3v) is 2.92. The van der Waals surface area contributed by atoms with E-state index < -0.39 is 11.8 Å². The van der Waals surface area contributed by atoms with E-state index in [2.05, 4.69) is 0 Å². The van der Waals surface area contributed by atoms with Gasteiger partial charge in [-0.05, 0) is 19.8 Å². The van der Waals surface area contributed by atoms with Crippen LogP contribution in [0.4, 0.5) is 8.78 Å². The van der Waals surface area contributed by atoms with E-state index in [-0.39, 0.29) is 5.91 Å². The zero-order chi connectivity index (χ0) is 11.5. The van der Waals surface area contributed by atoms with Crippen LogP contribution in [0.5, 0.6) is 0 Å². The molecule has 1 aliphatic heterocycles. The molecule has 1 rings (SSSR count). The van der Waals surface area contributed by atoms with E-state index in [0.717, 1.165) is 6.92 Å². The zero-order valence-corrected chi connectivity index (χ0v) is 9.01. The minimum absolute atomic E-state index is 0.0182. The maximum absolute atomic E-state index is 13.0. The zero-order valence-electron chi connectivity index (χ0n) is 9.01. The first-order valence-electron chi connectivity index (χ1n) is 5.31. The molecule has 88 valence electrons. The number of nitrogens with zero attached hydrogens (tertiary/aromatic N) is 1. The summed E-state index contributed by atoms with van der Waals surface area (Å²) in [7, 11) is 0. The Morgan fingerprint density at radius 2 is 2.00 bits per heavy atom. The molecular formula is C10H18F2N2O. The van der Waals surface area contributed by atoms with Crippen molar-refractivity contribution in [2.75, 3.05) is 19.6 Å². The van der Waals surface area contributed by atoms with E-state index >= 15 is 0 Å². The molecule has 15 heavy (non-hydrogen) atoms.